The smallest absolute Gasteiger partial charge is 0.409 e. The van der Waals surface area contributed by atoms with Gasteiger partial charge in [-0.05, 0) is 44.5 Å². The molecule has 0 atom stereocenters. The number of aromatic nitrogens is 1. The van der Waals surface area contributed by atoms with Gasteiger partial charge in [-0.2, -0.15) is 0 Å². The summed E-state index contributed by atoms with van der Waals surface area (Å²) < 4.78 is 5.05. The summed E-state index contributed by atoms with van der Waals surface area (Å²) in [4.78, 5) is 32.7. The minimum absolute atomic E-state index is 0.166. The molecule has 0 bridgehead atoms. The van der Waals surface area contributed by atoms with Crippen molar-refractivity contribution >= 4 is 23.5 Å². The molecule has 7 nitrogen and oxygen atoms in total. The van der Waals surface area contributed by atoms with Crippen LogP contribution in [-0.4, -0.2) is 54.7 Å². The highest BCUT2D eigenvalue weighted by atomic mass is 16.6. The van der Waals surface area contributed by atoms with E-state index < -0.39 is 0 Å². The van der Waals surface area contributed by atoms with Crippen molar-refractivity contribution in [1.29, 1.82) is 0 Å². The number of carbonyl (C=O) groups excluding carboxylic acids is 2. The van der Waals surface area contributed by atoms with E-state index in [1.54, 1.807) is 30.2 Å². The molecule has 2 amide bonds. The lowest BCUT2D eigenvalue weighted by atomic mass is 10.1. The van der Waals surface area contributed by atoms with Gasteiger partial charge in [0.05, 0.1) is 6.61 Å². The monoisotopic (exact) mass is 382 g/mol. The van der Waals surface area contributed by atoms with Crippen LogP contribution in [0.1, 0.15) is 28.4 Å². The number of aryl methyl sites for hydroxylation is 2. The second-order valence-corrected chi connectivity index (χ2v) is 6.85. The van der Waals surface area contributed by atoms with Crippen LogP contribution >= 0.6 is 0 Å². The highest BCUT2D eigenvalue weighted by molar-refractivity contribution is 6.05. The Kier molecular flexibility index (Phi) is 6.13. The van der Waals surface area contributed by atoms with Gasteiger partial charge >= 0.3 is 6.09 Å². The molecule has 2 heterocycles. The molecular formula is C21H26N4O3. The first-order chi connectivity index (χ1) is 13.5. The molecule has 1 N–H and O–H groups in total. The maximum atomic E-state index is 12.7. The number of anilines is 2. The minimum Gasteiger partial charge on any atom is -0.450 e. The summed E-state index contributed by atoms with van der Waals surface area (Å²) in [7, 11) is 0. The first-order valence-electron chi connectivity index (χ1n) is 9.49. The molecule has 7 heteroatoms. The normalized spacial score (nSPS) is 14.0. The van der Waals surface area contributed by atoms with E-state index in [1.807, 2.05) is 32.0 Å². The number of piperazine rings is 1. The first kappa shape index (κ1) is 19.7. The average Bonchev–Trinajstić information content (AvgIpc) is 2.70. The molecule has 1 fully saturated rings. The summed E-state index contributed by atoms with van der Waals surface area (Å²) in [6.45, 7) is 8.60. The Balaban J connectivity index is 1.65. The molecule has 1 aromatic heterocycles. The van der Waals surface area contributed by atoms with E-state index in [-0.39, 0.29) is 12.0 Å². The Hall–Kier alpha value is -3.09. The second-order valence-electron chi connectivity index (χ2n) is 6.85. The lowest BCUT2D eigenvalue weighted by Crippen LogP contribution is -2.49. The molecule has 0 saturated carbocycles. The molecule has 148 valence electrons. The molecule has 1 aliphatic rings. The zero-order chi connectivity index (χ0) is 20.1. The summed E-state index contributed by atoms with van der Waals surface area (Å²) in [6, 6.07) is 9.43. The van der Waals surface area contributed by atoms with Gasteiger partial charge in [-0.25, -0.2) is 9.78 Å². The lowest BCUT2D eigenvalue weighted by Gasteiger charge is -2.34. The zero-order valence-electron chi connectivity index (χ0n) is 16.6. The lowest BCUT2D eigenvalue weighted by molar-refractivity contribution is 0.102. The first-order valence-corrected chi connectivity index (χ1v) is 9.49. The van der Waals surface area contributed by atoms with Crippen LogP contribution in [0.15, 0.2) is 36.5 Å². The number of pyridine rings is 1. The van der Waals surface area contributed by atoms with Crippen LogP contribution in [-0.2, 0) is 4.74 Å². The van der Waals surface area contributed by atoms with Crippen molar-refractivity contribution < 1.29 is 14.3 Å². The van der Waals surface area contributed by atoms with Crippen LogP contribution in [0, 0.1) is 13.8 Å². The summed E-state index contributed by atoms with van der Waals surface area (Å²) in [5.41, 5.74) is 3.54. The molecular weight excluding hydrogens is 356 g/mol. The minimum atomic E-state index is -0.281. The summed E-state index contributed by atoms with van der Waals surface area (Å²) in [5.74, 6) is 0.567. The third-order valence-corrected chi connectivity index (χ3v) is 4.77. The van der Waals surface area contributed by atoms with Crippen molar-refractivity contribution in [2.75, 3.05) is 43.0 Å². The van der Waals surface area contributed by atoms with Crippen molar-refractivity contribution in [1.82, 2.24) is 9.88 Å². The van der Waals surface area contributed by atoms with Crippen molar-refractivity contribution in [2.24, 2.45) is 0 Å². The fourth-order valence-corrected chi connectivity index (χ4v) is 3.21. The van der Waals surface area contributed by atoms with Gasteiger partial charge in [0.1, 0.15) is 5.82 Å². The number of amides is 2. The maximum absolute atomic E-state index is 12.7. The number of hydrogen-bond donors (Lipinski definition) is 1. The molecule has 0 unspecified atom stereocenters. The average molecular weight is 382 g/mol. The number of rotatable bonds is 4. The van der Waals surface area contributed by atoms with Crippen molar-refractivity contribution in [2.45, 2.75) is 20.8 Å². The van der Waals surface area contributed by atoms with Crippen molar-refractivity contribution in [3.05, 3.63) is 53.2 Å². The SMILES string of the molecule is CCOC(=O)N1CCN(c2cc(C(=O)Nc3ccc(C)cc3C)ccn2)CC1. The fourth-order valence-electron chi connectivity index (χ4n) is 3.21. The molecule has 0 radical (unpaired) electrons. The van der Waals surface area contributed by atoms with E-state index in [1.165, 1.54) is 0 Å². The summed E-state index contributed by atoms with van der Waals surface area (Å²) in [6.07, 6.45) is 1.36. The number of ether oxygens (including phenoxy) is 1. The number of carbonyl (C=O) groups is 2. The Morgan fingerprint density at radius 2 is 1.86 bits per heavy atom. The molecule has 3 rings (SSSR count). The molecule has 2 aromatic rings. The summed E-state index contributed by atoms with van der Waals surface area (Å²) >= 11 is 0. The fraction of sp³-hybridized carbons (Fsp3) is 0.381. The van der Waals surface area contributed by atoms with Crippen molar-refractivity contribution in [3.8, 4) is 0 Å². The zero-order valence-corrected chi connectivity index (χ0v) is 16.6. The topological polar surface area (TPSA) is 74.8 Å². The Bertz CT molecular complexity index is 860. The van der Waals surface area contributed by atoms with Gasteiger partial charge in [-0.1, -0.05) is 17.7 Å². The molecule has 28 heavy (non-hydrogen) atoms. The highest BCUT2D eigenvalue weighted by Crippen LogP contribution is 2.19. The van der Waals surface area contributed by atoms with E-state index in [0.29, 0.717) is 38.3 Å². The van der Waals surface area contributed by atoms with Gasteiger partial charge in [-0.15, -0.1) is 0 Å². The van der Waals surface area contributed by atoms with Gasteiger partial charge in [0.2, 0.25) is 0 Å². The Morgan fingerprint density at radius 3 is 2.54 bits per heavy atom. The van der Waals surface area contributed by atoms with E-state index >= 15 is 0 Å². The quantitative estimate of drug-likeness (QED) is 0.879. The van der Waals surface area contributed by atoms with Gasteiger partial charge in [0.15, 0.2) is 0 Å². The largest absolute Gasteiger partial charge is 0.450 e. The van der Waals surface area contributed by atoms with Crippen LogP contribution < -0.4 is 10.2 Å². The van der Waals surface area contributed by atoms with E-state index in [0.717, 1.165) is 22.6 Å². The number of nitrogens with one attached hydrogen (secondary N) is 1. The Morgan fingerprint density at radius 1 is 1.11 bits per heavy atom. The molecule has 1 aromatic carbocycles. The molecule has 0 aliphatic carbocycles. The van der Waals surface area contributed by atoms with Gasteiger partial charge in [0, 0.05) is 43.6 Å². The third kappa shape index (κ3) is 4.60. The molecule has 1 saturated heterocycles. The molecule has 1 aliphatic heterocycles. The number of nitrogens with zero attached hydrogens (tertiary/aromatic N) is 3. The third-order valence-electron chi connectivity index (χ3n) is 4.77. The highest BCUT2D eigenvalue weighted by Gasteiger charge is 2.23. The predicted octanol–water partition coefficient (Wildman–Crippen LogP) is 3.23. The number of benzene rings is 1. The Labute approximate surface area is 165 Å². The van der Waals surface area contributed by atoms with Gasteiger partial charge < -0.3 is 19.9 Å². The van der Waals surface area contributed by atoms with Crippen LogP contribution in [0.5, 0.6) is 0 Å². The predicted molar refractivity (Wildman–Crippen MR) is 109 cm³/mol. The van der Waals surface area contributed by atoms with Crippen LogP contribution in [0.4, 0.5) is 16.3 Å². The van der Waals surface area contributed by atoms with Crippen LogP contribution in [0.3, 0.4) is 0 Å². The van der Waals surface area contributed by atoms with Crippen molar-refractivity contribution in [3.63, 3.8) is 0 Å². The van der Waals surface area contributed by atoms with Gasteiger partial charge in [-0.3, -0.25) is 4.79 Å². The van der Waals surface area contributed by atoms with Crippen LogP contribution in [0.25, 0.3) is 0 Å². The van der Waals surface area contributed by atoms with Crippen LogP contribution in [0.2, 0.25) is 0 Å². The van der Waals surface area contributed by atoms with E-state index in [9.17, 15) is 9.59 Å². The second kappa shape index (κ2) is 8.73. The molecule has 0 spiro atoms. The van der Waals surface area contributed by atoms with Gasteiger partial charge in [0.25, 0.3) is 5.91 Å². The standard InChI is InChI=1S/C21H26N4O3/c1-4-28-21(27)25-11-9-24(10-12-25)19-14-17(7-8-22-19)20(26)23-18-6-5-15(2)13-16(18)3/h5-8,13-14H,4,9-12H2,1-3H3,(H,23,26). The number of hydrogen-bond acceptors (Lipinski definition) is 5. The van der Waals surface area contributed by atoms with E-state index in [2.05, 4.69) is 15.2 Å². The maximum Gasteiger partial charge on any atom is 0.409 e. The summed E-state index contributed by atoms with van der Waals surface area (Å²) in [5, 5.41) is 2.97. The van der Waals surface area contributed by atoms with E-state index in [4.69, 9.17) is 4.74 Å².